The topological polar surface area (TPSA) is 72.9 Å². The summed E-state index contributed by atoms with van der Waals surface area (Å²) in [6, 6.07) is 2.97. The lowest BCUT2D eigenvalue weighted by atomic mass is 10.2. The summed E-state index contributed by atoms with van der Waals surface area (Å²) in [6.45, 7) is 1.97. The quantitative estimate of drug-likeness (QED) is 0.855. The molecule has 0 fully saturated rings. The lowest BCUT2D eigenvalue weighted by Crippen LogP contribution is -2.13. The molecule has 7 heteroatoms. The monoisotopic (exact) mass is 312 g/mol. The summed E-state index contributed by atoms with van der Waals surface area (Å²) in [5.74, 6) is -0.309. The van der Waals surface area contributed by atoms with Crippen molar-refractivity contribution in [3.05, 3.63) is 39.6 Å². The van der Waals surface area contributed by atoms with Crippen molar-refractivity contribution >= 4 is 40.5 Å². The fourth-order valence-electron chi connectivity index (χ4n) is 1.81. The summed E-state index contributed by atoms with van der Waals surface area (Å²) < 4.78 is 1.65. The third-order valence-corrected chi connectivity index (χ3v) is 3.46. The first kappa shape index (κ1) is 14.7. The summed E-state index contributed by atoms with van der Waals surface area (Å²) in [6.07, 6.45) is 2.47. The molecule has 1 aromatic heterocycles. The molecular weight excluding hydrogens is 299 g/mol. The summed E-state index contributed by atoms with van der Waals surface area (Å²) in [5.41, 5.74) is 7.74. The molecule has 0 unspecified atom stereocenters. The summed E-state index contributed by atoms with van der Waals surface area (Å²) in [7, 11) is 1.80. The maximum Gasteiger partial charge on any atom is 0.255 e. The highest BCUT2D eigenvalue weighted by molar-refractivity contribution is 6.39. The van der Waals surface area contributed by atoms with Gasteiger partial charge in [0.15, 0.2) is 0 Å². The van der Waals surface area contributed by atoms with Crippen LogP contribution in [0, 0.1) is 0 Å². The number of aromatic nitrogens is 2. The van der Waals surface area contributed by atoms with Crippen LogP contribution >= 0.6 is 23.2 Å². The Morgan fingerprint density at radius 2 is 2.00 bits per heavy atom. The second-order valence-electron chi connectivity index (χ2n) is 4.32. The maximum absolute atomic E-state index is 12.2. The number of carbonyl (C=O) groups is 1. The molecule has 1 aromatic carbocycles. The SMILES string of the molecule is CCc1nn(C)cc1NC(=O)c1cc(Cl)c(N)c(Cl)c1. The molecule has 5 nitrogen and oxygen atoms in total. The average molecular weight is 313 g/mol. The van der Waals surface area contributed by atoms with E-state index in [1.165, 1.54) is 12.1 Å². The number of nitrogens with one attached hydrogen (secondary N) is 1. The highest BCUT2D eigenvalue weighted by atomic mass is 35.5. The largest absolute Gasteiger partial charge is 0.396 e. The van der Waals surface area contributed by atoms with Gasteiger partial charge in [0.05, 0.1) is 27.1 Å². The molecule has 0 atom stereocenters. The van der Waals surface area contributed by atoms with Crippen molar-refractivity contribution in [3.63, 3.8) is 0 Å². The highest BCUT2D eigenvalue weighted by Crippen LogP contribution is 2.29. The Kier molecular flexibility index (Phi) is 4.20. The Bertz CT molecular complexity index is 643. The minimum atomic E-state index is -0.309. The van der Waals surface area contributed by atoms with Crippen molar-refractivity contribution in [1.29, 1.82) is 0 Å². The van der Waals surface area contributed by atoms with Crippen LogP contribution in [0.2, 0.25) is 10.0 Å². The van der Waals surface area contributed by atoms with E-state index in [0.717, 1.165) is 12.1 Å². The average Bonchev–Trinajstić information content (AvgIpc) is 2.75. The fraction of sp³-hybridized carbons (Fsp3) is 0.231. The number of aryl methyl sites for hydroxylation is 2. The van der Waals surface area contributed by atoms with E-state index in [4.69, 9.17) is 28.9 Å². The molecule has 2 rings (SSSR count). The van der Waals surface area contributed by atoms with Gasteiger partial charge in [0.2, 0.25) is 0 Å². The second-order valence-corrected chi connectivity index (χ2v) is 5.14. The molecule has 20 heavy (non-hydrogen) atoms. The summed E-state index contributed by atoms with van der Waals surface area (Å²) >= 11 is 11.8. The van der Waals surface area contributed by atoms with Crippen molar-refractivity contribution in [1.82, 2.24) is 9.78 Å². The molecule has 3 N–H and O–H groups in total. The van der Waals surface area contributed by atoms with Gasteiger partial charge in [-0.3, -0.25) is 9.48 Å². The van der Waals surface area contributed by atoms with Gasteiger partial charge in [0.1, 0.15) is 0 Å². The standard InChI is InChI=1S/C13H14Cl2N4O/c1-3-10-11(6-19(2)18-10)17-13(20)7-4-8(14)12(16)9(15)5-7/h4-6H,3,16H2,1-2H3,(H,17,20). The number of carbonyl (C=O) groups excluding carboxylic acids is 1. The molecule has 1 heterocycles. The fourth-order valence-corrected chi connectivity index (χ4v) is 2.30. The van der Waals surface area contributed by atoms with E-state index in [-0.39, 0.29) is 21.6 Å². The van der Waals surface area contributed by atoms with Gasteiger partial charge in [-0.1, -0.05) is 30.1 Å². The normalized spacial score (nSPS) is 10.6. The molecule has 0 spiro atoms. The van der Waals surface area contributed by atoms with Crippen molar-refractivity contribution in [2.45, 2.75) is 13.3 Å². The van der Waals surface area contributed by atoms with Crippen molar-refractivity contribution < 1.29 is 4.79 Å². The molecular formula is C13H14Cl2N4O. The van der Waals surface area contributed by atoms with E-state index in [2.05, 4.69) is 10.4 Å². The van der Waals surface area contributed by atoms with Crippen molar-refractivity contribution in [2.75, 3.05) is 11.1 Å². The number of nitrogen functional groups attached to an aromatic ring is 1. The van der Waals surface area contributed by atoms with Crippen LogP contribution in [0.5, 0.6) is 0 Å². The third-order valence-electron chi connectivity index (χ3n) is 2.83. The number of anilines is 2. The zero-order chi connectivity index (χ0) is 14.9. The van der Waals surface area contributed by atoms with Gasteiger partial charge in [0, 0.05) is 18.8 Å². The highest BCUT2D eigenvalue weighted by Gasteiger charge is 2.14. The van der Waals surface area contributed by atoms with E-state index in [9.17, 15) is 4.79 Å². The number of amides is 1. The van der Waals surface area contributed by atoms with Crippen LogP contribution in [0.3, 0.4) is 0 Å². The number of nitrogens with two attached hydrogens (primary N) is 1. The van der Waals surface area contributed by atoms with Gasteiger partial charge in [-0.15, -0.1) is 0 Å². The predicted molar refractivity (Wildman–Crippen MR) is 81.4 cm³/mol. The first-order valence-electron chi connectivity index (χ1n) is 6.00. The molecule has 106 valence electrons. The van der Waals surface area contributed by atoms with E-state index in [1.54, 1.807) is 17.9 Å². The minimum absolute atomic E-state index is 0.254. The lowest BCUT2D eigenvalue weighted by Gasteiger charge is -2.07. The molecule has 2 aromatic rings. The van der Waals surface area contributed by atoms with Crippen LogP contribution < -0.4 is 11.1 Å². The Labute approximate surface area is 126 Å². The molecule has 0 aliphatic heterocycles. The van der Waals surface area contributed by atoms with Gasteiger partial charge in [-0.05, 0) is 18.6 Å². The van der Waals surface area contributed by atoms with Crippen molar-refractivity contribution in [3.8, 4) is 0 Å². The first-order valence-corrected chi connectivity index (χ1v) is 6.76. The number of benzene rings is 1. The number of halogens is 2. The Hall–Kier alpha value is -1.72. The van der Waals surface area contributed by atoms with E-state index in [1.807, 2.05) is 6.92 Å². The van der Waals surface area contributed by atoms with Gasteiger partial charge in [0.25, 0.3) is 5.91 Å². The molecule has 1 amide bonds. The van der Waals surface area contributed by atoms with E-state index in [0.29, 0.717) is 11.3 Å². The summed E-state index contributed by atoms with van der Waals surface area (Å²) in [5, 5.41) is 7.56. The first-order chi connectivity index (χ1) is 9.42. The second kappa shape index (κ2) is 5.73. The van der Waals surface area contributed by atoms with Crippen molar-refractivity contribution in [2.24, 2.45) is 7.05 Å². The Morgan fingerprint density at radius 3 is 2.55 bits per heavy atom. The zero-order valence-electron chi connectivity index (χ0n) is 11.1. The number of nitrogens with zero attached hydrogens (tertiary/aromatic N) is 2. The molecule has 0 saturated carbocycles. The lowest BCUT2D eigenvalue weighted by molar-refractivity contribution is 0.102. The zero-order valence-corrected chi connectivity index (χ0v) is 12.6. The minimum Gasteiger partial charge on any atom is -0.396 e. The van der Waals surface area contributed by atoms with E-state index >= 15 is 0 Å². The van der Waals surface area contributed by atoms with Crippen LogP contribution in [0.25, 0.3) is 0 Å². The molecule has 0 radical (unpaired) electrons. The number of hydrogen-bond acceptors (Lipinski definition) is 3. The summed E-state index contributed by atoms with van der Waals surface area (Å²) in [4.78, 5) is 12.2. The Balaban J connectivity index is 2.28. The van der Waals surface area contributed by atoms with Gasteiger partial charge in [-0.2, -0.15) is 5.10 Å². The van der Waals surface area contributed by atoms with Crippen LogP contribution in [0.4, 0.5) is 11.4 Å². The molecule has 0 aliphatic carbocycles. The number of hydrogen-bond donors (Lipinski definition) is 2. The molecule has 0 aliphatic rings. The Morgan fingerprint density at radius 1 is 1.40 bits per heavy atom. The maximum atomic E-state index is 12.2. The predicted octanol–water partition coefficient (Wildman–Crippen LogP) is 3.12. The van der Waals surface area contributed by atoms with Gasteiger partial charge < -0.3 is 11.1 Å². The van der Waals surface area contributed by atoms with Crippen LogP contribution in [0.1, 0.15) is 23.0 Å². The van der Waals surface area contributed by atoms with Crippen LogP contribution in [0.15, 0.2) is 18.3 Å². The van der Waals surface area contributed by atoms with Crippen LogP contribution in [-0.2, 0) is 13.5 Å². The van der Waals surface area contributed by atoms with Gasteiger partial charge >= 0.3 is 0 Å². The molecule has 0 saturated heterocycles. The molecule has 0 bridgehead atoms. The number of rotatable bonds is 3. The van der Waals surface area contributed by atoms with Gasteiger partial charge in [-0.25, -0.2) is 0 Å². The van der Waals surface area contributed by atoms with Crippen LogP contribution in [-0.4, -0.2) is 15.7 Å². The smallest absolute Gasteiger partial charge is 0.255 e. The third kappa shape index (κ3) is 2.89. The van der Waals surface area contributed by atoms with E-state index < -0.39 is 0 Å².